The second kappa shape index (κ2) is 9.40. The highest BCUT2D eigenvalue weighted by molar-refractivity contribution is 7.22. The Balaban J connectivity index is 1.30. The van der Waals surface area contributed by atoms with Gasteiger partial charge in [-0.3, -0.25) is 19.8 Å². The number of benzene rings is 2. The van der Waals surface area contributed by atoms with Gasteiger partial charge in [0.1, 0.15) is 5.56 Å². The molecule has 0 atom stereocenters. The van der Waals surface area contributed by atoms with Crippen molar-refractivity contribution in [2.75, 3.05) is 44.2 Å². The smallest absolute Gasteiger partial charge is 0.282 e. The number of nitro groups is 1. The topological polar surface area (TPSA) is 91.6 Å². The number of amides is 1. The summed E-state index contributed by atoms with van der Waals surface area (Å²) >= 11 is 7.65. The maximum absolute atomic E-state index is 12.4. The molecule has 1 saturated heterocycles. The van der Waals surface area contributed by atoms with Gasteiger partial charge >= 0.3 is 0 Å². The van der Waals surface area contributed by atoms with Gasteiger partial charge in [-0.25, -0.2) is 4.98 Å². The molecule has 10 heteroatoms. The summed E-state index contributed by atoms with van der Waals surface area (Å²) in [6.07, 6.45) is 0. The van der Waals surface area contributed by atoms with Crippen molar-refractivity contribution in [3.8, 4) is 0 Å². The van der Waals surface area contributed by atoms with Crippen LogP contribution in [0.25, 0.3) is 10.2 Å². The number of fused-ring (bicyclic) bond motifs is 1. The Morgan fingerprint density at radius 2 is 1.97 bits per heavy atom. The molecule has 4 rings (SSSR count). The molecule has 0 unspecified atom stereocenters. The van der Waals surface area contributed by atoms with E-state index >= 15 is 0 Å². The third-order valence-electron chi connectivity index (χ3n) is 5.57. The molecule has 1 fully saturated rings. The van der Waals surface area contributed by atoms with Gasteiger partial charge in [-0.05, 0) is 43.2 Å². The van der Waals surface area contributed by atoms with Gasteiger partial charge in [0.25, 0.3) is 11.6 Å². The number of nitrogens with zero attached hydrogens (tertiary/aromatic N) is 4. The third kappa shape index (κ3) is 4.85. The van der Waals surface area contributed by atoms with Crippen molar-refractivity contribution in [3.05, 3.63) is 62.2 Å². The summed E-state index contributed by atoms with van der Waals surface area (Å²) in [7, 11) is 0. The largest absolute Gasteiger partial charge is 0.351 e. The fourth-order valence-corrected chi connectivity index (χ4v) is 5.17. The van der Waals surface area contributed by atoms with Crippen molar-refractivity contribution in [1.29, 1.82) is 0 Å². The van der Waals surface area contributed by atoms with E-state index in [4.69, 9.17) is 16.6 Å². The molecule has 168 valence electrons. The Morgan fingerprint density at radius 1 is 1.22 bits per heavy atom. The van der Waals surface area contributed by atoms with Crippen molar-refractivity contribution >= 4 is 49.9 Å². The number of halogens is 1. The predicted octanol–water partition coefficient (Wildman–Crippen LogP) is 4.03. The minimum absolute atomic E-state index is 0.0197. The van der Waals surface area contributed by atoms with E-state index in [0.717, 1.165) is 36.8 Å². The van der Waals surface area contributed by atoms with Crippen LogP contribution in [0, 0.1) is 24.0 Å². The highest BCUT2D eigenvalue weighted by atomic mass is 35.5. The van der Waals surface area contributed by atoms with Gasteiger partial charge in [0.15, 0.2) is 5.13 Å². The van der Waals surface area contributed by atoms with Gasteiger partial charge in [-0.2, -0.15) is 0 Å². The molecule has 1 amide bonds. The fraction of sp³-hybridized carbons (Fsp3) is 0.364. The third-order valence-corrected chi connectivity index (χ3v) is 7.07. The summed E-state index contributed by atoms with van der Waals surface area (Å²) in [5, 5.41) is 15.3. The van der Waals surface area contributed by atoms with E-state index in [2.05, 4.69) is 41.1 Å². The molecular weight excluding hydrogens is 450 g/mol. The molecule has 2 heterocycles. The molecule has 3 aromatic rings. The molecule has 1 aliphatic rings. The lowest BCUT2D eigenvalue weighted by atomic mass is 10.1. The number of carbonyl (C=O) groups excluding carboxylic acids is 1. The number of piperazine rings is 1. The molecule has 0 radical (unpaired) electrons. The average molecular weight is 474 g/mol. The monoisotopic (exact) mass is 473 g/mol. The molecular formula is C22H24ClN5O3S. The number of hydrogen-bond donors (Lipinski definition) is 1. The zero-order chi connectivity index (χ0) is 22.8. The molecule has 0 saturated carbocycles. The second-order valence-corrected chi connectivity index (χ2v) is 9.34. The Hall–Kier alpha value is -2.75. The first kappa shape index (κ1) is 22.4. The highest BCUT2D eigenvalue weighted by Gasteiger charge is 2.22. The maximum Gasteiger partial charge on any atom is 0.282 e. The van der Waals surface area contributed by atoms with Gasteiger partial charge in [0.2, 0.25) is 0 Å². The number of hydrogen-bond acceptors (Lipinski definition) is 7. The number of aryl methyl sites for hydroxylation is 2. The van der Waals surface area contributed by atoms with Crippen molar-refractivity contribution in [2.45, 2.75) is 13.8 Å². The summed E-state index contributed by atoms with van der Waals surface area (Å²) in [5.41, 5.74) is 3.28. The first-order chi connectivity index (χ1) is 15.3. The van der Waals surface area contributed by atoms with Crippen LogP contribution in [0.3, 0.4) is 0 Å². The molecule has 8 nitrogen and oxygen atoms in total. The fourth-order valence-electron chi connectivity index (χ4n) is 3.94. The van der Waals surface area contributed by atoms with Crippen LogP contribution >= 0.6 is 22.9 Å². The van der Waals surface area contributed by atoms with Gasteiger partial charge in [-0.1, -0.05) is 29.0 Å². The molecule has 0 aliphatic carbocycles. The molecule has 1 aliphatic heterocycles. The first-order valence-corrected chi connectivity index (χ1v) is 11.6. The maximum atomic E-state index is 12.4. The van der Waals surface area contributed by atoms with Gasteiger partial charge in [0, 0.05) is 50.4 Å². The van der Waals surface area contributed by atoms with Crippen molar-refractivity contribution in [1.82, 2.24) is 15.2 Å². The minimum atomic E-state index is -0.574. The normalized spacial score (nSPS) is 14.7. The van der Waals surface area contributed by atoms with Crippen molar-refractivity contribution in [2.24, 2.45) is 0 Å². The highest BCUT2D eigenvalue weighted by Crippen LogP contribution is 2.32. The van der Waals surface area contributed by atoms with Crippen LogP contribution in [0.5, 0.6) is 0 Å². The number of carbonyl (C=O) groups is 1. The van der Waals surface area contributed by atoms with Crippen molar-refractivity contribution < 1.29 is 9.72 Å². The van der Waals surface area contributed by atoms with Gasteiger partial charge < -0.3 is 10.2 Å². The summed E-state index contributed by atoms with van der Waals surface area (Å²) in [6, 6.07) is 8.31. The summed E-state index contributed by atoms with van der Waals surface area (Å²) in [4.78, 5) is 32.4. The van der Waals surface area contributed by atoms with Crippen LogP contribution in [0.2, 0.25) is 5.02 Å². The van der Waals surface area contributed by atoms with Crippen LogP contribution < -0.4 is 10.2 Å². The lowest BCUT2D eigenvalue weighted by Crippen LogP contribution is -2.48. The number of rotatable bonds is 6. The van der Waals surface area contributed by atoms with E-state index in [0.29, 0.717) is 13.1 Å². The number of aromatic nitrogens is 1. The Bertz CT molecular complexity index is 1170. The van der Waals surface area contributed by atoms with E-state index in [-0.39, 0.29) is 16.3 Å². The molecule has 1 aromatic heterocycles. The van der Waals surface area contributed by atoms with E-state index in [9.17, 15) is 14.9 Å². The predicted molar refractivity (Wildman–Crippen MR) is 128 cm³/mol. The lowest BCUT2D eigenvalue weighted by molar-refractivity contribution is -0.385. The van der Waals surface area contributed by atoms with Gasteiger partial charge in [-0.15, -0.1) is 0 Å². The first-order valence-electron chi connectivity index (χ1n) is 10.4. The summed E-state index contributed by atoms with van der Waals surface area (Å²) in [6.45, 7) is 8.75. The van der Waals surface area contributed by atoms with Crippen LogP contribution in [0.15, 0.2) is 30.3 Å². The summed E-state index contributed by atoms with van der Waals surface area (Å²) in [5.74, 6) is -0.488. The molecule has 32 heavy (non-hydrogen) atoms. The van der Waals surface area contributed by atoms with E-state index in [1.807, 2.05) is 0 Å². The minimum Gasteiger partial charge on any atom is -0.351 e. The van der Waals surface area contributed by atoms with Crippen LogP contribution in [0.4, 0.5) is 10.8 Å². The average Bonchev–Trinajstić information content (AvgIpc) is 3.18. The second-order valence-electron chi connectivity index (χ2n) is 7.93. The van der Waals surface area contributed by atoms with Crippen LogP contribution in [-0.4, -0.2) is 60.0 Å². The number of thiazole rings is 1. The zero-order valence-electron chi connectivity index (χ0n) is 17.9. The van der Waals surface area contributed by atoms with Crippen LogP contribution in [-0.2, 0) is 0 Å². The Morgan fingerprint density at radius 3 is 2.69 bits per heavy atom. The SMILES string of the molecule is Cc1cc(C)c2sc(N3CCN(CCNC(=O)c4cc(Cl)ccc4[N+](=O)[O-])CC3)nc2c1. The summed E-state index contributed by atoms with van der Waals surface area (Å²) < 4.78 is 1.24. The van der Waals surface area contributed by atoms with Crippen LogP contribution in [0.1, 0.15) is 21.5 Å². The van der Waals surface area contributed by atoms with Crippen molar-refractivity contribution in [3.63, 3.8) is 0 Å². The quantitative estimate of drug-likeness (QED) is 0.429. The zero-order valence-corrected chi connectivity index (χ0v) is 19.5. The standard InChI is InChI=1S/C22H24ClN5O3S/c1-14-11-15(2)20-18(12-14)25-22(32-20)27-9-7-26(8-10-27)6-5-24-21(29)17-13-16(23)3-4-19(17)28(30)31/h3-4,11-13H,5-10H2,1-2H3,(H,24,29). The Labute approximate surface area is 194 Å². The molecule has 2 aromatic carbocycles. The van der Waals surface area contributed by atoms with E-state index < -0.39 is 10.8 Å². The molecule has 0 spiro atoms. The Kier molecular flexibility index (Phi) is 6.59. The molecule has 1 N–H and O–H groups in total. The van der Waals surface area contributed by atoms with Gasteiger partial charge in [0.05, 0.1) is 15.1 Å². The number of nitrogens with one attached hydrogen (secondary N) is 1. The lowest BCUT2D eigenvalue weighted by Gasteiger charge is -2.34. The number of anilines is 1. The van der Waals surface area contributed by atoms with E-state index in [1.54, 1.807) is 11.3 Å². The molecule has 0 bridgehead atoms. The number of nitro benzene ring substituents is 1. The van der Waals surface area contributed by atoms with E-state index in [1.165, 1.54) is 34.0 Å².